The summed E-state index contributed by atoms with van der Waals surface area (Å²) in [5.74, 6) is 1.05. The van der Waals surface area contributed by atoms with E-state index < -0.39 is 0 Å². The summed E-state index contributed by atoms with van der Waals surface area (Å²) < 4.78 is 0. The third-order valence-electron chi connectivity index (χ3n) is 4.18. The summed E-state index contributed by atoms with van der Waals surface area (Å²) in [5.41, 5.74) is 0. The fourth-order valence-electron chi connectivity index (χ4n) is 3.46. The first kappa shape index (κ1) is 12.0. The van der Waals surface area contributed by atoms with Gasteiger partial charge in [-0.05, 0) is 45.1 Å². The van der Waals surface area contributed by atoms with Crippen LogP contribution in [0, 0.1) is 5.92 Å². The molecule has 0 spiro atoms. The van der Waals surface area contributed by atoms with Crippen molar-refractivity contribution in [2.45, 2.75) is 71.9 Å². The lowest BCUT2D eigenvalue weighted by molar-refractivity contribution is 0.0266. The minimum absolute atomic E-state index is 0. The molecule has 1 nitrogen and oxygen atoms in total. The van der Waals surface area contributed by atoms with Gasteiger partial charge in [-0.1, -0.05) is 27.2 Å². The van der Waals surface area contributed by atoms with Crippen LogP contribution in [0.15, 0.2) is 0 Å². The van der Waals surface area contributed by atoms with Gasteiger partial charge in [0.2, 0.25) is 0 Å². The van der Waals surface area contributed by atoms with E-state index in [9.17, 15) is 0 Å². The van der Waals surface area contributed by atoms with Crippen molar-refractivity contribution in [3.8, 4) is 0 Å². The normalized spacial score (nSPS) is 38.6. The smallest absolute Gasteiger partial charge is 0.0126 e. The SMILES string of the molecule is C.CCN1C(C)CCC2CCCCC21. The molecule has 0 radical (unpaired) electrons. The molecule has 0 bridgehead atoms. The molecular formula is C13H27N. The Hall–Kier alpha value is -0.0400. The largest absolute Gasteiger partial charge is 0.298 e. The van der Waals surface area contributed by atoms with Crippen molar-refractivity contribution >= 4 is 0 Å². The molecule has 0 aromatic heterocycles. The molecule has 3 atom stereocenters. The third kappa shape index (κ3) is 2.13. The Morgan fingerprint density at radius 1 is 1.07 bits per heavy atom. The summed E-state index contributed by atoms with van der Waals surface area (Å²) in [7, 11) is 0. The minimum atomic E-state index is 0. The molecule has 2 aliphatic rings. The van der Waals surface area contributed by atoms with Gasteiger partial charge in [-0.3, -0.25) is 4.90 Å². The van der Waals surface area contributed by atoms with E-state index in [1.165, 1.54) is 45.1 Å². The fraction of sp³-hybridized carbons (Fsp3) is 1.00. The van der Waals surface area contributed by atoms with E-state index in [-0.39, 0.29) is 7.43 Å². The van der Waals surface area contributed by atoms with Gasteiger partial charge >= 0.3 is 0 Å². The van der Waals surface area contributed by atoms with E-state index in [1.54, 1.807) is 0 Å². The number of fused-ring (bicyclic) bond motifs is 1. The maximum atomic E-state index is 2.76. The first-order chi connectivity index (χ1) is 6.33. The second-order valence-corrected chi connectivity index (χ2v) is 4.87. The fourth-order valence-corrected chi connectivity index (χ4v) is 3.46. The molecule has 0 N–H and O–H groups in total. The molecule has 14 heavy (non-hydrogen) atoms. The zero-order chi connectivity index (χ0) is 9.26. The molecule has 0 aromatic rings. The first-order valence-corrected chi connectivity index (χ1v) is 6.08. The molecule has 1 saturated heterocycles. The number of piperidine rings is 1. The van der Waals surface area contributed by atoms with Crippen LogP contribution in [-0.2, 0) is 0 Å². The predicted molar refractivity (Wildman–Crippen MR) is 63.6 cm³/mol. The highest BCUT2D eigenvalue weighted by molar-refractivity contribution is 4.89. The lowest BCUT2D eigenvalue weighted by Gasteiger charge is -2.47. The summed E-state index contributed by atoms with van der Waals surface area (Å²) >= 11 is 0. The number of likely N-dealkylation sites (tertiary alicyclic amines) is 1. The van der Waals surface area contributed by atoms with Crippen molar-refractivity contribution < 1.29 is 0 Å². The maximum Gasteiger partial charge on any atom is 0.0126 e. The molecule has 3 unspecified atom stereocenters. The van der Waals surface area contributed by atoms with E-state index in [0.29, 0.717) is 0 Å². The quantitative estimate of drug-likeness (QED) is 0.620. The van der Waals surface area contributed by atoms with Crippen molar-refractivity contribution in [1.29, 1.82) is 0 Å². The maximum absolute atomic E-state index is 2.76. The summed E-state index contributed by atoms with van der Waals surface area (Å²) in [6.45, 7) is 6.00. The summed E-state index contributed by atoms with van der Waals surface area (Å²) in [6.07, 6.45) is 8.89. The second-order valence-electron chi connectivity index (χ2n) is 4.87. The molecule has 1 heterocycles. The van der Waals surface area contributed by atoms with Crippen molar-refractivity contribution in [2.24, 2.45) is 5.92 Å². The van der Waals surface area contributed by atoms with Gasteiger partial charge in [0, 0.05) is 12.1 Å². The summed E-state index contributed by atoms with van der Waals surface area (Å²) in [6, 6.07) is 1.80. The predicted octanol–water partition coefficient (Wildman–Crippen LogP) is 3.69. The van der Waals surface area contributed by atoms with Gasteiger partial charge in [-0.25, -0.2) is 0 Å². The highest BCUT2D eigenvalue weighted by Crippen LogP contribution is 2.37. The van der Waals surface area contributed by atoms with Gasteiger partial charge in [-0.15, -0.1) is 0 Å². The van der Waals surface area contributed by atoms with E-state index in [2.05, 4.69) is 18.7 Å². The van der Waals surface area contributed by atoms with E-state index in [4.69, 9.17) is 0 Å². The molecule has 1 aliphatic carbocycles. The average Bonchev–Trinajstić information content (AvgIpc) is 2.18. The van der Waals surface area contributed by atoms with Crippen LogP contribution in [0.25, 0.3) is 0 Å². The Kier molecular flexibility index (Phi) is 4.43. The standard InChI is InChI=1S/C12H23N.CH4/c1-3-13-10(2)8-9-11-6-4-5-7-12(11)13;/h10-12H,3-9H2,1-2H3;1H4. The molecule has 1 heteroatoms. The monoisotopic (exact) mass is 197 g/mol. The van der Waals surface area contributed by atoms with E-state index >= 15 is 0 Å². The molecule has 2 fully saturated rings. The summed E-state index contributed by atoms with van der Waals surface area (Å²) in [4.78, 5) is 2.76. The van der Waals surface area contributed by atoms with Gasteiger partial charge in [0.15, 0.2) is 0 Å². The highest BCUT2D eigenvalue weighted by Gasteiger charge is 2.35. The van der Waals surface area contributed by atoms with Crippen LogP contribution in [0.5, 0.6) is 0 Å². The van der Waals surface area contributed by atoms with Crippen molar-refractivity contribution in [3.63, 3.8) is 0 Å². The van der Waals surface area contributed by atoms with Gasteiger partial charge in [-0.2, -0.15) is 0 Å². The van der Waals surface area contributed by atoms with Crippen molar-refractivity contribution in [2.75, 3.05) is 6.54 Å². The molecular weight excluding hydrogens is 170 g/mol. The topological polar surface area (TPSA) is 3.24 Å². The van der Waals surface area contributed by atoms with E-state index in [0.717, 1.165) is 18.0 Å². The zero-order valence-electron chi connectivity index (χ0n) is 9.13. The number of rotatable bonds is 1. The lowest BCUT2D eigenvalue weighted by atomic mass is 9.76. The summed E-state index contributed by atoms with van der Waals surface area (Å²) in [5, 5.41) is 0. The second kappa shape index (κ2) is 5.16. The Morgan fingerprint density at radius 2 is 1.79 bits per heavy atom. The van der Waals surface area contributed by atoms with Crippen LogP contribution in [0.2, 0.25) is 0 Å². The first-order valence-electron chi connectivity index (χ1n) is 6.08. The Labute approximate surface area is 89.9 Å². The Balaban J connectivity index is 0.000000980. The minimum Gasteiger partial charge on any atom is -0.298 e. The van der Waals surface area contributed by atoms with E-state index in [1.807, 2.05) is 0 Å². The molecule has 1 aliphatic heterocycles. The number of hydrogen-bond donors (Lipinski definition) is 0. The molecule has 0 aromatic carbocycles. The Bertz CT molecular complexity index is 167. The molecule has 1 saturated carbocycles. The lowest BCUT2D eigenvalue weighted by Crippen LogP contribution is -2.50. The van der Waals surface area contributed by atoms with Gasteiger partial charge in [0.05, 0.1) is 0 Å². The Morgan fingerprint density at radius 3 is 2.50 bits per heavy atom. The van der Waals surface area contributed by atoms with Crippen LogP contribution in [-0.4, -0.2) is 23.5 Å². The van der Waals surface area contributed by atoms with Gasteiger partial charge < -0.3 is 0 Å². The molecule has 84 valence electrons. The highest BCUT2D eigenvalue weighted by atomic mass is 15.2. The van der Waals surface area contributed by atoms with Crippen LogP contribution in [0.4, 0.5) is 0 Å². The number of hydrogen-bond acceptors (Lipinski definition) is 1. The van der Waals surface area contributed by atoms with Crippen LogP contribution in [0.1, 0.15) is 59.8 Å². The van der Waals surface area contributed by atoms with Gasteiger partial charge in [0.25, 0.3) is 0 Å². The van der Waals surface area contributed by atoms with Crippen molar-refractivity contribution in [3.05, 3.63) is 0 Å². The van der Waals surface area contributed by atoms with Crippen molar-refractivity contribution in [1.82, 2.24) is 4.90 Å². The molecule has 2 rings (SSSR count). The van der Waals surface area contributed by atoms with Crippen LogP contribution >= 0.6 is 0 Å². The zero-order valence-corrected chi connectivity index (χ0v) is 9.13. The average molecular weight is 197 g/mol. The van der Waals surface area contributed by atoms with Gasteiger partial charge in [0.1, 0.15) is 0 Å². The van der Waals surface area contributed by atoms with Crippen LogP contribution < -0.4 is 0 Å². The molecule has 0 amide bonds. The van der Waals surface area contributed by atoms with Crippen LogP contribution in [0.3, 0.4) is 0 Å². The third-order valence-corrected chi connectivity index (χ3v) is 4.18. The number of nitrogens with zero attached hydrogens (tertiary/aromatic N) is 1.